The van der Waals surface area contributed by atoms with E-state index < -0.39 is 26.5 Å². The van der Waals surface area contributed by atoms with Gasteiger partial charge in [-0.1, -0.05) is 185 Å². The third-order valence-electron chi connectivity index (χ3n) is 10.7. The van der Waals surface area contributed by atoms with Crippen molar-refractivity contribution in [3.63, 3.8) is 0 Å². The minimum atomic E-state index is -4.35. The van der Waals surface area contributed by atoms with Gasteiger partial charge >= 0.3 is 19.8 Å². The van der Waals surface area contributed by atoms with Crippen molar-refractivity contribution in [2.45, 2.75) is 238 Å². The zero-order chi connectivity index (χ0) is 43.9. The lowest BCUT2D eigenvalue weighted by molar-refractivity contribution is -0.161. The highest BCUT2D eigenvalue weighted by atomic mass is 31.2. The number of phosphoric ester groups is 1. The van der Waals surface area contributed by atoms with Crippen LogP contribution in [0.5, 0.6) is 0 Å². The molecule has 0 aromatic rings. The molecule has 0 spiro atoms. The molecular formula is C50H94NO8P. The fourth-order valence-electron chi connectivity index (χ4n) is 6.93. The van der Waals surface area contributed by atoms with E-state index in [4.69, 9.17) is 18.5 Å². The van der Waals surface area contributed by atoms with Gasteiger partial charge in [-0.25, -0.2) is 4.57 Å². The van der Waals surface area contributed by atoms with Crippen molar-refractivity contribution >= 4 is 19.8 Å². The Kier molecular flexibility index (Phi) is 45.3. The van der Waals surface area contributed by atoms with E-state index in [1.807, 2.05) is 0 Å². The zero-order valence-corrected chi connectivity index (χ0v) is 40.1. The highest BCUT2D eigenvalue weighted by Crippen LogP contribution is 2.43. The number of rotatable bonds is 47. The number of hydrogen-bond acceptors (Lipinski definition) is 8. The van der Waals surface area contributed by atoms with Gasteiger partial charge in [0, 0.05) is 19.4 Å². The van der Waals surface area contributed by atoms with Crippen LogP contribution >= 0.6 is 7.82 Å². The lowest BCUT2D eigenvalue weighted by Crippen LogP contribution is -2.29. The van der Waals surface area contributed by atoms with Crippen molar-refractivity contribution in [2.75, 3.05) is 33.4 Å². The number of hydrogen-bond donors (Lipinski definition) is 2. The van der Waals surface area contributed by atoms with E-state index in [1.54, 1.807) is 7.05 Å². The number of ether oxygens (including phenoxy) is 2. The van der Waals surface area contributed by atoms with Gasteiger partial charge in [0.15, 0.2) is 6.10 Å². The normalized spacial score (nSPS) is 13.5. The van der Waals surface area contributed by atoms with Crippen molar-refractivity contribution in [1.82, 2.24) is 5.32 Å². The Balaban J connectivity index is 4.13. The molecule has 0 saturated heterocycles. The molecule has 0 aliphatic rings. The monoisotopic (exact) mass is 868 g/mol. The third kappa shape index (κ3) is 45.7. The molecule has 0 radical (unpaired) electrons. The highest BCUT2D eigenvalue weighted by molar-refractivity contribution is 7.47. The summed E-state index contributed by atoms with van der Waals surface area (Å²) in [5, 5.41) is 2.83. The quantitative estimate of drug-likeness (QED) is 0.0266. The molecule has 0 fully saturated rings. The van der Waals surface area contributed by atoms with Gasteiger partial charge in [-0.2, -0.15) is 0 Å². The van der Waals surface area contributed by atoms with E-state index >= 15 is 0 Å². The summed E-state index contributed by atoms with van der Waals surface area (Å²) in [4.78, 5) is 35.2. The van der Waals surface area contributed by atoms with Gasteiger partial charge in [0.1, 0.15) is 6.61 Å². The molecular weight excluding hydrogens is 774 g/mol. The summed E-state index contributed by atoms with van der Waals surface area (Å²) in [6.07, 6.45) is 51.8. The number of carbonyl (C=O) groups is 2. The summed E-state index contributed by atoms with van der Waals surface area (Å²) in [5.41, 5.74) is 0. The van der Waals surface area contributed by atoms with Crippen molar-refractivity contribution in [2.24, 2.45) is 0 Å². The largest absolute Gasteiger partial charge is 0.472 e. The second kappa shape index (κ2) is 46.7. The summed E-state index contributed by atoms with van der Waals surface area (Å²) in [6.45, 7) is 4.22. The number of unbranched alkanes of at least 4 members (excludes halogenated alkanes) is 27. The van der Waals surface area contributed by atoms with Gasteiger partial charge in [-0.05, 0) is 77.7 Å². The van der Waals surface area contributed by atoms with Crippen molar-refractivity contribution in [3.05, 3.63) is 36.5 Å². The molecule has 0 aromatic carbocycles. The first-order valence-electron chi connectivity index (χ1n) is 24.9. The van der Waals surface area contributed by atoms with Crippen LogP contribution in [0.15, 0.2) is 36.5 Å². The number of carbonyl (C=O) groups excluding carboxylic acids is 2. The van der Waals surface area contributed by atoms with Crippen molar-refractivity contribution in [1.29, 1.82) is 0 Å². The van der Waals surface area contributed by atoms with Gasteiger partial charge < -0.3 is 19.7 Å². The van der Waals surface area contributed by atoms with Crippen LogP contribution in [0.2, 0.25) is 0 Å². The first-order valence-corrected chi connectivity index (χ1v) is 26.4. The van der Waals surface area contributed by atoms with Crippen LogP contribution in [0.1, 0.15) is 232 Å². The molecule has 0 aliphatic heterocycles. The zero-order valence-electron chi connectivity index (χ0n) is 39.2. The smallest absolute Gasteiger partial charge is 0.462 e. The van der Waals surface area contributed by atoms with Crippen LogP contribution in [0.25, 0.3) is 0 Å². The molecule has 0 heterocycles. The summed E-state index contributed by atoms with van der Waals surface area (Å²) >= 11 is 0. The fourth-order valence-corrected chi connectivity index (χ4v) is 7.68. The maximum atomic E-state index is 12.7. The van der Waals surface area contributed by atoms with Crippen LogP contribution < -0.4 is 5.32 Å². The molecule has 2 N–H and O–H groups in total. The molecule has 60 heavy (non-hydrogen) atoms. The molecule has 2 unspecified atom stereocenters. The first kappa shape index (κ1) is 58.2. The number of phosphoric acid groups is 1. The SMILES string of the molecule is CCCCC/C=C\C/C=C\CCCCCCCCCCCC(=O)OC(COC(=O)CCCCCCCCCCC/C=C\CCCCCCCC)COP(=O)(O)OCCNC. The number of allylic oxidation sites excluding steroid dienone is 6. The number of esters is 2. The molecule has 352 valence electrons. The van der Waals surface area contributed by atoms with Gasteiger partial charge in [0.25, 0.3) is 0 Å². The average molecular weight is 868 g/mol. The van der Waals surface area contributed by atoms with E-state index in [-0.39, 0.29) is 32.0 Å². The van der Waals surface area contributed by atoms with Gasteiger partial charge in [0.05, 0.1) is 13.2 Å². The van der Waals surface area contributed by atoms with Crippen LogP contribution in [-0.4, -0.2) is 56.3 Å². The van der Waals surface area contributed by atoms with Crippen LogP contribution in [0.3, 0.4) is 0 Å². The molecule has 9 nitrogen and oxygen atoms in total. The lowest BCUT2D eigenvalue weighted by Gasteiger charge is -2.20. The van der Waals surface area contributed by atoms with Crippen LogP contribution in [0, 0.1) is 0 Å². The van der Waals surface area contributed by atoms with Crippen LogP contribution in [0.4, 0.5) is 0 Å². The molecule has 0 saturated carbocycles. The lowest BCUT2D eigenvalue weighted by atomic mass is 10.1. The summed E-state index contributed by atoms with van der Waals surface area (Å²) in [5.74, 6) is -0.806. The molecule has 0 bridgehead atoms. The van der Waals surface area contributed by atoms with Crippen LogP contribution in [-0.2, 0) is 32.7 Å². The van der Waals surface area contributed by atoms with E-state index in [0.717, 1.165) is 51.4 Å². The first-order chi connectivity index (χ1) is 29.3. The van der Waals surface area contributed by atoms with E-state index in [0.29, 0.717) is 13.0 Å². The number of nitrogens with one attached hydrogen (secondary N) is 1. The Hall–Kier alpha value is -1.77. The van der Waals surface area contributed by atoms with Gasteiger partial charge in [-0.3, -0.25) is 18.6 Å². The number of likely N-dealkylation sites (N-methyl/N-ethyl adjacent to an activating group) is 1. The Morgan fingerprint density at radius 2 is 0.900 bits per heavy atom. The Morgan fingerprint density at radius 1 is 0.517 bits per heavy atom. The highest BCUT2D eigenvalue weighted by Gasteiger charge is 2.26. The minimum absolute atomic E-state index is 0.0177. The topological polar surface area (TPSA) is 120 Å². The van der Waals surface area contributed by atoms with Gasteiger partial charge in [-0.15, -0.1) is 0 Å². The third-order valence-corrected chi connectivity index (χ3v) is 11.7. The predicted molar refractivity (Wildman–Crippen MR) is 252 cm³/mol. The summed E-state index contributed by atoms with van der Waals surface area (Å²) in [6, 6.07) is 0. The Bertz CT molecular complexity index is 1080. The predicted octanol–water partition coefficient (Wildman–Crippen LogP) is 14.8. The van der Waals surface area contributed by atoms with Crippen molar-refractivity contribution in [3.8, 4) is 0 Å². The molecule has 0 aromatic heterocycles. The Morgan fingerprint density at radius 3 is 1.37 bits per heavy atom. The molecule has 10 heteroatoms. The standard InChI is InChI=1S/C50H94NO8P/c1-4-6-8-10-12-14-16-18-20-22-24-26-28-30-32-34-36-38-40-42-49(52)56-46-48(47-58-60(54,55)57-45-44-51-3)59-50(53)43-41-39-37-35-33-31-29-27-25-23-21-19-17-15-13-11-9-7-5-2/h13,15,18-21,48,51H,4-12,14,16-17,22-47H2,1-3H3,(H,54,55)/b15-13-,20-18-,21-19-. The van der Waals surface area contributed by atoms with Crippen molar-refractivity contribution < 1.29 is 37.6 Å². The fraction of sp³-hybridized carbons (Fsp3) is 0.840. The second-order valence-corrected chi connectivity index (χ2v) is 18.1. The molecule has 0 aliphatic carbocycles. The summed E-state index contributed by atoms with van der Waals surface area (Å²) < 4.78 is 33.3. The minimum Gasteiger partial charge on any atom is -0.462 e. The Labute approximate surface area is 369 Å². The summed E-state index contributed by atoms with van der Waals surface area (Å²) in [7, 11) is -2.65. The average Bonchev–Trinajstić information content (AvgIpc) is 3.23. The van der Waals surface area contributed by atoms with E-state index in [9.17, 15) is 19.0 Å². The molecule has 0 rings (SSSR count). The molecule has 0 amide bonds. The van der Waals surface area contributed by atoms with E-state index in [1.165, 1.54) is 148 Å². The van der Waals surface area contributed by atoms with Gasteiger partial charge in [0.2, 0.25) is 0 Å². The molecule has 2 atom stereocenters. The maximum absolute atomic E-state index is 12.7. The maximum Gasteiger partial charge on any atom is 0.472 e. The second-order valence-electron chi connectivity index (χ2n) is 16.6. The van der Waals surface area contributed by atoms with E-state index in [2.05, 4.69) is 55.6 Å².